The van der Waals surface area contributed by atoms with E-state index in [9.17, 15) is 13.2 Å². The number of sulfonamides is 1. The fraction of sp³-hybridized carbons (Fsp3) is 0.381. The Labute approximate surface area is 185 Å². The fourth-order valence-electron chi connectivity index (χ4n) is 3.49. The van der Waals surface area contributed by atoms with Gasteiger partial charge >= 0.3 is 0 Å². The van der Waals surface area contributed by atoms with E-state index < -0.39 is 10.0 Å². The van der Waals surface area contributed by atoms with Gasteiger partial charge < -0.3 is 9.64 Å². The summed E-state index contributed by atoms with van der Waals surface area (Å²) in [5.74, 6) is 0.918. The zero-order chi connectivity index (χ0) is 22.0. The summed E-state index contributed by atoms with van der Waals surface area (Å²) >= 11 is 0.990. The molecule has 1 amide bonds. The largest absolute Gasteiger partial charge is 0.484 e. The van der Waals surface area contributed by atoms with Gasteiger partial charge in [0.1, 0.15) is 21.7 Å². The van der Waals surface area contributed by atoms with Crippen LogP contribution in [0.15, 0.2) is 47.4 Å². The molecule has 0 spiro atoms. The average molecular weight is 461 g/mol. The van der Waals surface area contributed by atoms with E-state index in [1.807, 2.05) is 24.3 Å². The molecule has 0 unspecified atom stereocenters. The number of hydrogen-bond donors (Lipinski definition) is 0. The summed E-state index contributed by atoms with van der Waals surface area (Å²) in [6.07, 6.45) is 0. The Morgan fingerprint density at radius 1 is 1.06 bits per heavy atom. The maximum Gasteiger partial charge on any atom is 0.260 e. The number of ether oxygens (including phenoxy) is 1. The third-order valence-corrected chi connectivity index (χ3v) is 7.84. The second-order valence-electron chi connectivity index (χ2n) is 7.69. The number of rotatable bonds is 6. The number of aromatic nitrogens is 2. The molecule has 2 heterocycles. The molecule has 164 valence electrons. The lowest BCUT2D eigenvalue weighted by molar-refractivity contribution is -0.134. The monoisotopic (exact) mass is 460 g/mol. The molecule has 4 rings (SSSR count). The van der Waals surface area contributed by atoms with E-state index in [4.69, 9.17) is 4.74 Å². The van der Waals surface area contributed by atoms with Gasteiger partial charge in [-0.3, -0.25) is 4.79 Å². The zero-order valence-corrected chi connectivity index (χ0v) is 19.0. The molecule has 10 heteroatoms. The number of amides is 1. The average Bonchev–Trinajstić information content (AvgIpc) is 3.26. The quantitative estimate of drug-likeness (QED) is 0.562. The van der Waals surface area contributed by atoms with Gasteiger partial charge in [-0.05, 0) is 35.7 Å². The molecule has 0 radical (unpaired) electrons. The maximum absolute atomic E-state index is 13.1. The van der Waals surface area contributed by atoms with Crippen molar-refractivity contribution in [2.75, 3.05) is 32.8 Å². The molecule has 0 bridgehead atoms. The van der Waals surface area contributed by atoms with Crippen LogP contribution in [0.5, 0.6) is 5.75 Å². The Balaban J connectivity index is 1.34. The van der Waals surface area contributed by atoms with E-state index in [2.05, 4.69) is 22.6 Å². The second kappa shape index (κ2) is 8.89. The standard InChI is InChI=1S/C21H24N4O4S2/c1-15(2)16-6-8-17(9-7-16)29-14-20(26)24-10-12-25(13-11-24)31(27,28)19-5-3-4-18-21(19)23-30-22-18/h3-9,15H,10-14H2,1-2H3. The van der Waals surface area contributed by atoms with E-state index in [1.54, 1.807) is 23.1 Å². The van der Waals surface area contributed by atoms with Gasteiger partial charge in [-0.25, -0.2) is 8.42 Å². The molecule has 1 fully saturated rings. The van der Waals surface area contributed by atoms with Crippen molar-refractivity contribution >= 4 is 38.7 Å². The number of nitrogens with zero attached hydrogens (tertiary/aromatic N) is 4. The highest BCUT2D eigenvalue weighted by atomic mass is 32.2. The third kappa shape index (κ3) is 4.56. The molecule has 8 nitrogen and oxygen atoms in total. The molecule has 1 aromatic heterocycles. The predicted octanol–water partition coefficient (Wildman–Crippen LogP) is 2.73. The second-order valence-corrected chi connectivity index (χ2v) is 10.1. The lowest BCUT2D eigenvalue weighted by atomic mass is 10.0. The van der Waals surface area contributed by atoms with Crippen molar-refractivity contribution in [3.05, 3.63) is 48.0 Å². The first-order valence-electron chi connectivity index (χ1n) is 10.1. The number of piperazine rings is 1. The van der Waals surface area contributed by atoms with E-state index in [-0.39, 0.29) is 30.5 Å². The topological polar surface area (TPSA) is 92.7 Å². The van der Waals surface area contributed by atoms with Crippen LogP contribution in [0.4, 0.5) is 0 Å². The Morgan fingerprint density at radius 3 is 2.45 bits per heavy atom. The molecule has 2 aromatic carbocycles. The Hall–Kier alpha value is -2.56. The molecule has 1 saturated heterocycles. The molecule has 0 atom stereocenters. The van der Waals surface area contributed by atoms with Crippen LogP contribution in [0.3, 0.4) is 0 Å². The normalized spacial score (nSPS) is 15.5. The van der Waals surface area contributed by atoms with Crippen LogP contribution in [0.25, 0.3) is 11.0 Å². The third-order valence-electron chi connectivity index (χ3n) is 5.37. The van der Waals surface area contributed by atoms with E-state index in [1.165, 1.54) is 9.87 Å². The van der Waals surface area contributed by atoms with Crippen LogP contribution in [-0.4, -0.2) is 65.1 Å². The van der Waals surface area contributed by atoms with Gasteiger partial charge in [0.2, 0.25) is 10.0 Å². The van der Waals surface area contributed by atoms with E-state index >= 15 is 0 Å². The van der Waals surface area contributed by atoms with Crippen LogP contribution >= 0.6 is 11.7 Å². The van der Waals surface area contributed by atoms with Gasteiger partial charge in [-0.15, -0.1) is 0 Å². The van der Waals surface area contributed by atoms with Crippen molar-refractivity contribution in [1.29, 1.82) is 0 Å². The smallest absolute Gasteiger partial charge is 0.260 e. The Morgan fingerprint density at radius 2 is 1.77 bits per heavy atom. The molecule has 1 aliphatic rings. The fourth-order valence-corrected chi connectivity index (χ4v) is 5.67. The minimum atomic E-state index is -3.71. The summed E-state index contributed by atoms with van der Waals surface area (Å²) in [4.78, 5) is 14.3. The lowest BCUT2D eigenvalue weighted by Crippen LogP contribution is -2.51. The molecular formula is C21H24N4O4S2. The molecule has 31 heavy (non-hydrogen) atoms. The first kappa shape index (κ1) is 21.7. The van der Waals surface area contributed by atoms with Crippen molar-refractivity contribution < 1.29 is 17.9 Å². The van der Waals surface area contributed by atoms with Gasteiger partial charge in [-0.1, -0.05) is 32.0 Å². The van der Waals surface area contributed by atoms with Crippen LogP contribution in [0, 0.1) is 0 Å². The van der Waals surface area contributed by atoms with Crippen molar-refractivity contribution in [3.63, 3.8) is 0 Å². The number of benzene rings is 2. The molecular weight excluding hydrogens is 436 g/mol. The SMILES string of the molecule is CC(C)c1ccc(OCC(=O)N2CCN(S(=O)(=O)c3cccc4nsnc34)CC2)cc1. The van der Waals surface area contributed by atoms with Crippen molar-refractivity contribution in [1.82, 2.24) is 18.0 Å². The van der Waals surface area contributed by atoms with Crippen LogP contribution in [0.2, 0.25) is 0 Å². The summed E-state index contributed by atoms with van der Waals surface area (Å²) in [5.41, 5.74) is 2.17. The summed E-state index contributed by atoms with van der Waals surface area (Å²) < 4.78 is 41.5. The highest BCUT2D eigenvalue weighted by Crippen LogP contribution is 2.25. The molecule has 0 N–H and O–H groups in total. The number of carbonyl (C=O) groups excluding carboxylic acids is 1. The first-order valence-corrected chi connectivity index (χ1v) is 12.3. The van der Waals surface area contributed by atoms with Gasteiger partial charge in [0, 0.05) is 26.2 Å². The Kier molecular flexibility index (Phi) is 6.22. The summed E-state index contributed by atoms with van der Waals surface area (Å²) in [7, 11) is -3.71. The number of hydrogen-bond acceptors (Lipinski definition) is 7. The van der Waals surface area contributed by atoms with Crippen LogP contribution in [-0.2, 0) is 14.8 Å². The van der Waals surface area contributed by atoms with Gasteiger partial charge in [0.25, 0.3) is 5.91 Å². The minimum Gasteiger partial charge on any atom is -0.484 e. The highest BCUT2D eigenvalue weighted by Gasteiger charge is 2.32. The maximum atomic E-state index is 13.1. The van der Waals surface area contributed by atoms with Crippen LogP contribution in [0.1, 0.15) is 25.3 Å². The lowest BCUT2D eigenvalue weighted by Gasteiger charge is -2.34. The van der Waals surface area contributed by atoms with Crippen molar-refractivity contribution in [3.8, 4) is 5.75 Å². The van der Waals surface area contributed by atoms with Crippen molar-refractivity contribution in [2.45, 2.75) is 24.7 Å². The first-order chi connectivity index (χ1) is 14.9. The van der Waals surface area contributed by atoms with Gasteiger partial charge in [0.05, 0.1) is 11.7 Å². The van der Waals surface area contributed by atoms with Gasteiger partial charge in [-0.2, -0.15) is 13.1 Å². The summed E-state index contributed by atoms with van der Waals surface area (Å²) in [6.45, 7) is 5.26. The Bertz CT molecular complexity index is 1170. The molecule has 1 aliphatic heterocycles. The van der Waals surface area contributed by atoms with E-state index in [0.29, 0.717) is 35.8 Å². The summed E-state index contributed by atoms with van der Waals surface area (Å²) in [6, 6.07) is 12.7. The minimum absolute atomic E-state index is 0.0718. The summed E-state index contributed by atoms with van der Waals surface area (Å²) in [5, 5.41) is 0. The zero-order valence-electron chi connectivity index (χ0n) is 17.4. The molecule has 0 saturated carbocycles. The predicted molar refractivity (Wildman–Crippen MR) is 119 cm³/mol. The van der Waals surface area contributed by atoms with Crippen LogP contribution < -0.4 is 4.74 Å². The molecule has 3 aromatic rings. The van der Waals surface area contributed by atoms with Crippen molar-refractivity contribution in [2.24, 2.45) is 0 Å². The molecule has 0 aliphatic carbocycles. The number of fused-ring (bicyclic) bond motifs is 1. The highest BCUT2D eigenvalue weighted by molar-refractivity contribution is 7.89. The van der Waals surface area contributed by atoms with Gasteiger partial charge in [0.15, 0.2) is 6.61 Å². The van der Waals surface area contributed by atoms with E-state index in [0.717, 1.165) is 11.7 Å². The number of carbonyl (C=O) groups is 1.